The van der Waals surface area contributed by atoms with Crippen molar-refractivity contribution in [3.8, 4) is 5.75 Å². The minimum absolute atomic E-state index is 0.0793. The van der Waals surface area contributed by atoms with E-state index in [-0.39, 0.29) is 22.9 Å². The molecule has 15 heavy (non-hydrogen) atoms. The molecule has 0 heterocycles. The first-order chi connectivity index (χ1) is 7.10. The van der Waals surface area contributed by atoms with E-state index in [1.165, 1.54) is 13.2 Å². The molecule has 0 saturated heterocycles. The van der Waals surface area contributed by atoms with Gasteiger partial charge < -0.3 is 9.47 Å². The number of esters is 1. The summed E-state index contributed by atoms with van der Waals surface area (Å²) in [6.07, 6.45) is 0. The Morgan fingerprint density at radius 3 is 2.73 bits per heavy atom. The molecule has 0 N–H and O–H groups in total. The van der Waals surface area contributed by atoms with E-state index in [0.717, 1.165) is 6.07 Å². The maximum atomic E-state index is 13.2. The summed E-state index contributed by atoms with van der Waals surface area (Å²) < 4.78 is 22.7. The highest BCUT2D eigenvalue weighted by Gasteiger charge is 2.14. The summed E-state index contributed by atoms with van der Waals surface area (Å²) in [5.41, 5.74) is 0.0793. The molecular weight excluding hydrogens is 223 g/mol. The Hall–Kier alpha value is -1.29. The number of hydrogen-bond acceptors (Lipinski definition) is 3. The molecule has 0 spiro atoms. The summed E-state index contributed by atoms with van der Waals surface area (Å²) in [4.78, 5) is 11.3. The van der Waals surface area contributed by atoms with Crippen LogP contribution in [0.4, 0.5) is 4.39 Å². The zero-order valence-corrected chi connectivity index (χ0v) is 9.10. The Labute approximate surface area is 91.7 Å². The Morgan fingerprint density at radius 2 is 2.20 bits per heavy atom. The molecule has 82 valence electrons. The smallest absolute Gasteiger partial charge is 0.338 e. The quantitative estimate of drug-likeness (QED) is 0.752. The lowest BCUT2D eigenvalue weighted by molar-refractivity contribution is 0.0525. The van der Waals surface area contributed by atoms with Crippen LogP contribution in [-0.2, 0) is 4.74 Å². The number of hydrogen-bond donors (Lipinski definition) is 0. The predicted molar refractivity (Wildman–Crippen MR) is 53.9 cm³/mol. The highest BCUT2D eigenvalue weighted by molar-refractivity contribution is 6.32. The van der Waals surface area contributed by atoms with Crippen molar-refractivity contribution in [3.63, 3.8) is 0 Å². The average Bonchev–Trinajstić information content (AvgIpc) is 2.22. The Kier molecular flexibility index (Phi) is 3.91. The summed E-state index contributed by atoms with van der Waals surface area (Å²) in [5.74, 6) is -1.20. The van der Waals surface area contributed by atoms with Crippen LogP contribution >= 0.6 is 11.6 Å². The van der Waals surface area contributed by atoms with Gasteiger partial charge in [-0.15, -0.1) is 0 Å². The van der Waals surface area contributed by atoms with E-state index in [2.05, 4.69) is 0 Å². The normalized spacial score (nSPS) is 9.87. The van der Waals surface area contributed by atoms with E-state index in [1.807, 2.05) is 0 Å². The third-order valence-corrected chi connectivity index (χ3v) is 2.09. The average molecular weight is 233 g/mol. The molecule has 0 atom stereocenters. The van der Waals surface area contributed by atoms with Gasteiger partial charge in [0, 0.05) is 0 Å². The van der Waals surface area contributed by atoms with E-state index >= 15 is 0 Å². The Bertz CT molecular complexity index is 379. The molecule has 3 nitrogen and oxygen atoms in total. The summed E-state index contributed by atoms with van der Waals surface area (Å²) in [6.45, 7) is 1.90. The van der Waals surface area contributed by atoms with E-state index in [9.17, 15) is 9.18 Å². The minimum Gasteiger partial charge on any atom is -0.495 e. The van der Waals surface area contributed by atoms with Gasteiger partial charge in [-0.1, -0.05) is 11.6 Å². The van der Waals surface area contributed by atoms with Crippen LogP contribution in [0.5, 0.6) is 5.75 Å². The molecule has 0 bridgehead atoms. The lowest BCUT2D eigenvalue weighted by Crippen LogP contribution is -2.05. The molecule has 0 fully saturated rings. The van der Waals surface area contributed by atoms with Crippen molar-refractivity contribution in [1.29, 1.82) is 0 Å². The number of rotatable bonds is 3. The molecule has 0 aliphatic heterocycles. The van der Waals surface area contributed by atoms with E-state index in [4.69, 9.17) is 21.1 Å². The summed E-state index contributed by atoms with van der Waals surface area (Å²) >= 11 is 5.59. The molecule has 0 unspecified atom stereocenters. The molecule has 0 aromatic heterocycles. The fourth-order valence-electron chi connectivity index (χ4n) is 1.04. The van der Waals surface area contributed by atoms with E-state index < -0.39 is 11.8 Å². The number of ether oxygens (including phenoxy) is 2. The van der Waals surface area contributed by atoms with Gasteiger partial charge in [-0.05, 0) is 19.1 Å². The first-order valence-corrected chi connectivity index (χ1v) is 4.68. The van der Waals surface area contributed by atoms with Crippen molar-refractivity contribution in [3.05, 3.63) is 28.5 Å². The largest absolute Gasteiger partial charge is 0.495 e. The molecule has 1 rings (SSSR count). The Morgan fingerprint density at radius 1 is 1.53 bits per heavy atom. The molecule has 0 aliphatic carbocycles. The van der Waals surface area contributed by atoms with Gasteiger partial charge >= 0.3 is 5.97 Å². The molecule has 5 heteroatoms. The first-order valence-electron chi connectivity index (χ1n) is 4.30. The van der Waals surface area contributed by atoms with Crippen LogP contribution in [0.25, 0.3) is 0 Å². The fourth-order valence-corrected chi connectivity index (χ4v) is 1.23. The van der Waals surface area contributed by atoms with Gasteiger partial charge in [-0.2, -0.15) is 0 Å². The lowest BCUT2D eigenvalue weighted by atomic mass is 10.2. The van der Waals surface area contributed by atoms with Crippen molar-refractivity contribution in [2.75, 3.05) is 13.7 Å². The second kappa shape index (κ2) is 4.98. The molecule has 1 aromatic rings. The van der Waals surface area contributed by atoms with Gasteiger partial charge in [0.25, 0.3) is 0 Å². The summed E-state index contributed by atoms with van der Waals surface area (Å²) in [6, 6.07) is 2.35. The maximum absolute atomic E-state index is 13.2. The van der Waals surface area contributed by atoms with Crippen molar-refractivity contribution in [2.24, 2.45) is 0 Å². The fraction of sp³-hybridized carbons (Fsp3) is 0.300. The molecule has 1 aromatic carbocycles. The summed E-state index contributed by atoms with van der Waals surface area (Å²) in [7, 11) is 1.34. The number of halogens is 2. The predicted octanol–water partition coefficient (Wildman–Crippen LogP) is 2.66. The minimum atomic E-state index is -0.709. The van der Waals surface area contributed by atoms with E-state index in [1.54, 1.807) is 6.92 Å². The zero-order chi connectivity index (χ0) is 11.4. The van der Waals surface area contributed by atoms with Crippen LogP contribution < -0.4 is 4.74 Å². The van der Waals surface area contributed by atoms with Crippen LogP contribution in [0.15, 0.2) is 12.1 Å². The highest BCUT2D eigenvalue weighted by Crippen LogP contribution is 2.28. The molecular formula is C10H10ClFO3. The number of methoxy groups -OCH3 is 1. The lowest BCUT2D eigenvalue weighted by Gasteiger charge is -2.07. The van der Waals surface area contributed by atoms with Gasteiger partial charge in [0.05, 0.1) is 19.3 Å². The van der Waals surface area contributed by atoms with Gasteiger partial charge in [0.2, 0.25) is 0 Å². The topological polar surface area (TPSA) is 35.5 Å². The Balaban J connectivity index is 3.10. The molecule has 0 radical (unpaired) electrons. The third-order valence-electron chi connectivity index (χ3n) is 1.73. The van der Waals surface area contributed by atoms with Crippen LogP contribution in [0.1, 0.15) is 17.3 Å². The van der Waals surface area contributed by atoms with Gasteiger partial charge in [-0.3, -0.25) is 0 Å². The monoisotopic (exact) mass is 232 g/mol. The van der Waals surface area contributed by atoms with Crippen molar-refractivity contribution in [2.45, 2.75) is 6.92 Å². The van der Waals surface area contributed by atoms with E-state index in [0.29, 0.717) is 0 Å². The maximum Gasteiger partial charge on any atom is 0.338 e. The molecule has 0 aliphatic rings. The summed E-state index contributed by atoms with van der Waals surface area (Å²) in [5, 5.41) is -0.148. The van der Waals surface area contributed by atoms with Gasteiger partial charge in [0.15, 0.2) is 0 Å². The SMILES string of the molecule is CCOC(=O)c1cc(F)c(Cl)c(OC)c1. The second-order valence-electron chi connectivity index (χ2n) is 2.69. The second-order valence-corrected chi connectivity index (χ2v) is 3.07. The van der Waals surface area contributed by atoms with Crippen LogP contribution in [0.2, 0.25) is 5.02 Å². The van der Waals surface area contributed by atoms with Crippen molar-refractivity contribution < 1.29 is 18.7 Å². The van der Waals surface area contributed by atoms with Crippen LogP contribution in [0, 0.1) is 5.82 Å². The van der Waals surface area contributed by atoms with Crippen molar-refractivity contribution in [1.82, 2.24) is 0 Å². The standard InChI is InChI=1S/C10H10ClFO3/c1-3-15-10(13)6-4-7(12)9(11)8(5-6)14-2/h4-5H,3H2,1-2H3. The number of carbonyl (C=O) groups is 1. The van der Waals surface area contributed by atoms with Crippen LogP contribution in [0.3, 0.4) is 0 Å². The highest BCUT2D eigenvalue weighted by atomic mass is 35.5. The molecule has 0 saturated carbocycles. The van der Waals surface area contributed by atoms with Gasteiger partial charge in [0.1, 0.15) is 16.6 Å². The number of benzene rings is 1. The van der Waals surface area contributed by atoms with Crippen molar-refractivity contribution >= 4 is 17.6 Å². The third kappa shape index (κ3) is 2.59. The first kappa shape index (κ1) is 11.8. The van der Waals surface area contributed by atoms with Crippen LogP contribution in [-0.4, -0.2) is 19.7 Å². The number of carbonyl (C=O) groups excluding carboxylic acids is 1. The molecule has 0 amide bonds. The van der Waals surface area contributed by atoms with Gasteiger partial charge in [-0.25, -0.2) is 9.18 Å². The zero-order valence-electron chi connectivity index (χ0n) is 8.34.